The summed E-state index contributed by atoms with van der Waals surface area (Å²) >= 11 is 3.50. The van der Waals surface area contributed by atoms with Crippen molar-refractivity contribution >= 4 is 15.9 Å². The number of hydrogen-bond acceptors (Lipinski definition) is 3. The van der Waals surface area contributed by atoms with Crippen LogP contribution in [0.3, 0.4) is 0 Å². The molecule has 0 atom stereocenters. The molecule has 1 aromatic carbocycles. The third-order valence-corrected chi connectivity index (χ3v) is 3.07. The highest BCUT2D eigenvalue weighted by Gasteiger charge is 2.03. The van der Waals surface area contributed by atoms with Crippen LogP contribution in [-0.4, -0.2) is 12.1 Å². The van der Waals surface area contributed by atoms with E-state index in [2.05, 4.69) is 20.9 Å². The van der Waals surface area contributed by atoms with Gasteiger partial charge >= 0.3 is 0 Å². The highest BCUT2D eigenvalue weighted by atomic mass is 79.9. The first-order valence-electron chi connectivity index (χ1n) is 5.58. The van der Waals surface area contributed by atoms with Gasteiger partial charge in [-0.3, -0.25) is 4.98 Å². The fourth-order valence-electron chi connectivity index (χ4n) is 1.56. The Balaban J connectivity index is 2.01. The Bertz CT molecular complexity index is 502. The van der Waals surface area contributed by atoms with Gasteiger partial charge in [0.15, 0.2) is 0 Å². The smallest absolute Gasteiger partial charge is 0.134 e. The maximum atomic E-state index is 5.74. The van der Waals surface area contributed by atoms with Crippen molar-refractivity contribution in [2.45, 2.75) is 13.2 Å². The van der Waals surface area contributed by atoms with Crippen LogP contribution in [0.4, 0.5) is 0 Å². The molecule has 0 saturated heterocycles. The molecule has 0 saturated carbocycles. The van der Waals surface area contributed by atoms with Gasteiger partial charge in [0.1, 0.15) is 12.4 Å². The molecule has 3 nitrogen and oxygen atoms in total. The molecule has 2 rings (SSSR count). The molecular weight excluding hydrogens is 294 g/mol. The minimum Gasteiger partial charge on any atom is -0.488 e. The predicted molar refractivity (Wildman–Crippen MR) is 73.4 cm³/mol. The first-order chi connectivity index (χ1) is 8.79. The van der Waals surface area contributed by atoms with E-state index in [4.69, 9.17) is 9.47 Å². The molecule has 0 fully saturated rings. The summed E-state index contributed by atoms with van der Waals surface area (Å²) in [5, 5.41) is 0. The second-order valence-corrected chi connectivity index (χ2v) is 4.70. The van der Waals surface area contributed by atoms with Crippen molar-refractivity contribution in [3.8, 4) is 5.75 Å². The van der Waals surface area contributed by atoms with Crippen molar-refractivity contribution < 1.29 is 9.47 Å². The Hall–Kier alpha value is -1.39. The number of ether oxygens (including phenoxy) is 2. The third kappa shape index (κ3) is 3.55. The molecule has 1 heterocycles. The number of rotatable bonds is 5. The minimum absolute atomic E-state index is 0.532. The fraction of sp³-hybridized carbons (Fsp3) is 0.214. The summed E-state index contributed by atoms with van der Waals surface area (Å²) in [6.45, 7) is 1.13. The molecule has 0 unspecified atom stereocenters. The molecule has 0 N–H and O–H groups in total. The van der Waals surface area contributed by atoms with E-state index in [-0.39, 0.29) is 0 Å². The SMILES string of the molecule is COCc1ccc(OCc2ccncc2)c(Br)c1. The first kappa shape index (κ1) is 13.1. The van der Waals surface area contributed by atoms with Gasteiger partial charge in [0.2, 0.25) is 0 Å². The van der Waals surface area contributed by atoms with Gasteiger partial charge in [-0.2, -0.15) is 0 Å². The van der Waals surface area contributed by atoms with Gasteiger partial charge in [0.05, 0.1) is 11.1 Å². The van der Waals surface area contributed by atoms with E-state index in [1.54, 1.807) is 19.5 Å². The molecule has 0 bridgehead atoms. The van der Waals surface area contributed by atoms with Crippen LogP contribution in [0.15, 0.2) is 47.2 Å². The number of pyridine rings is 1. The number of halogens is 1. The number of benzene rings is 1. The lowest BCUT2D eigenvalue weighted by molar-refractivity contribution is 0.184. The molecule has 18 heavy (non-hydrogen) atoms. The van der Waals surface area contributed by atoms with E-state index >= 15 is 0 Å². The standard InChI is InChI=1S/C14H14BrNO2/c1-17-9-12-2-3-14(13(15)8-12)18-10-11-4-6-16-7-5-11/h2-8H,9-10H2,1H3. The molecule has 0 radical (unpaired) electrons. The Morgan fingerprint density at radius 3 is 2.50 bits per heavy atom. The fourth-order valence-corrected chi connectivity index (χ4v) is 2.10. The van der Waals surface area contributed by atoms with Crippen LogP contribution < -0.4 is 4.74 Å². The molecule has 0 aliphatic rings. The second kappa shape index (κ2) is 6.52. The Morgan fingerprint density at radius 2 is 1.83 bits per heavy atom. The van der Waals surface area contributed by atoms with Crippen LogP contribution in [0.25, 0.3) is 0 Å². The Labute approximate surface area is 115 Å². The Morgan fingerprint density at radius 1 is 1.06 bits per heavy atom. The summed E-state index contributed by atoms with van der Waals surface area (Å²) in [4.78, 5) is 3.97. The zero-order valence-electron chi connectivity index (χ0n) is 10.1. The van der Waals surface area contributed by atoms with Gasteiger partial charge in [0, 0.05) is 19.5 Å². The van der Waals surface area contributed by atoms with E-state index in [9.17, 15) is 0 Å². The lowest BCUT2D eigenvalue weighted by Crippen LogP contribution is -1.97. The van der Waals surface area contributed by atoms with Gasteiger partial charge in [-0.1, -0.05) is 6.07 Å². The number of aromatic nitrogens is 1. The lowest BCUT2D eigenvalue weighted by atomic mass is 10.2. The van der Waals surface area contributed by atoms with E-state index < -0.39 is 0 Å². The monoisotopic (exact) mass is 307 g/mol. The van der Waals surface area contributed by atoms with Crippen molar-refractivity contribution in [1.82, 2.24) is 4.98 Å². The van der Waals surface area contributed by atoms with Crippen molar-refractivity contribution in [3.63, 3.8) is 0 Å². The van der Waals surface area contributed by atoms with E-state index in [0.29, 0.717) is 13.2 Å². The van der Waals surface area contributed by atoms with Gasteiger partial charge < -0.3 is 9.47 Å². The molecule has 1 aromatic heterocycles. The van der Waals surface area contributed by atoms with Crippen molar-refractivity contribution in [1.29, 1.82) is 0 Å². The van der Waals surface area contributed by atoms with Crippen LogP contribution in [-0.2, 0) is 18.0 Å². The average molecular weight is 308 g/mol. The molecule has 0 aliphatic carbocycles. The number of hydrogen-bond donors (Lipinski definition) is 0. The van der Waals surface area contributed by atoms with Gasteiger partial charge in [-0.25, -0.2) is 0 Å². The summed E-state index contributed by atoms with van der Waals surface area (Å²) in [6, 6.07) is 9.82. The average Bonchev–Trinajstić information content (AvgIpc) is 2.39. The third-order valence-electron chi connectivity index (χ3n) is 2.45. The molecule has 2 aromatic rings. The van der Waals surface area contributed by atoms with E-state index in [1.165, 1.54) is 0 Å². The lowest BCUT2D eigenvalue weighted by Gasteiger charge is -2.09. The maximum absolute atomic E-state index is 5.74. The summed E-state index contributed by atoms with van der Waals surface area (Å²) in [6.07, 6.45) is 3.52. The second-order valence-electron chi connectivity index (χ2n) is 3.84. The zero-order chi connectivity index (χ0) is 12.8. The number of methoxy groups -OCH3 is 1. The quantitative estimate of drug-likeness (QED) is 0.846. The van der Waals surface area contributed by atoms with Crippen LogP contribution in [0.2, 0.25) is 0 Å². The normalized spacial score (nSPS) is 10.3. The minimum atomic E-state index is 0.532. The summed E-state index contributed by atoms with van der Waals surface area (Å²) in [7, 11) is 1.68. The highest BCUT2D eigenvalue weighted by Crippen LogP contribution is 2.27. The summed E-state index contributed by atoms with van der Waals surface area (Å²) in [5.41, 5.74) is 2.21. The molecular formula is C14H14BrNO2. The molecule has 0 aliphatic heterocycles. The van der Waals surface area contributed by atoms with Crippen molar-refractivity contribution in [2.75, 3.05) is 7.11 Å². The summed E-state index contributed by atoms with van der Waals surface area (Å²) in [5.74, 6) is 0.826. The van der Waals surface area contributed by atoms with Crippen LogP contribution in [0, 0.1) is 0 Å². The van der Waals surface area contributed by atoms with Crippen LogP contribution >= 0.6 is 15.9 Å². The van der Waals surface area contributed by atoms with Crippen LogP contribution in [0.1, 0.15) is 11.1 Å². The first-order valence-corrected chi connectivity index (χ1v) is 6.38. The van der Waals surface area contributed by atoms with Crippen molar-refractivity contribution in [2.24, 2.45) is 0 Å². The van der Waals surface area contributed by atoms with Gasteiger partial charge in [0.25, 0.3) is 0 Å². The zero-order valence-corrected chi connectivity index (χ0v) is 11.7. The summed E-state index contributed by atoms with van der Waals surface area (Å²) < 4.78 is 11.8. The van der Waals surface area contributed by atoms with Crippen LogP contribution in [0.5, 0.6) is 5.75 Å². The Kier molecular flexibility index (Phi) is 4.73. The van der Waals surface area contributed by atoms with E-state index in [1.807, 2.05) is 30.3 Å². The topological polar surface area (TPSA) is 31.4 Å². The highest BCUT2D eigenvalue weighted by molar-refractivity contribution is 9.10. The number of nitrogens with zero attached hydrogens (tertiary/aromatic N) is 1. The maximum Gasteiger partial charge on any atom is 0.134 e. The predicted octanol–water partition coefficient (Wildman–Crippen LogP) is 3.57. The molecule has 0 spiro atoms. The van der Waals surface area contributed by atoms with Gasteiger partial charge in [-0.05, 0) is 51.3 Å². The van der Waals surface area contributed by atoms with E-state index in [0.717, 1.165) is 21.3 Å². The van der Waals surface area contributed by atoms with Gasteiger partial charge in [-0.15, -0.1) is 0 Å². The molecule has 0 amide bonds. The van der Waals surface area contributed by atoms with Crippen molar-refractivity contribution in [3.05, 3.63) is 58.3 Å². The molecule has 4 heteroatoms. The molecule has 94 valence electrons. The largest absolute Gasteiger partial charge is 0.488 e.